The van der Waals surface area contributed by atoms with Gasteiger partial charge >= 0.3 is 6.18 Å². The Hall–Kier alpha value is -3.47. The number of benzene rings is 3. The monoisotopic (exact) mass is 628 g/mol. The minimum atomic E-state index is -4.63. The zero-order chi connectivity index (χ0) is 27.6. The number of aromatic nitrogens is 3. The average Bonchev–Trinajstić information content (AvgIpc) is 2.92. The number of alkyl halides is 3. The summed E-state index contributed by atoms with van der Waals surface area (Å²) in [6, 6.07) is 20.0. The summed E-state index contributed by atoms with van der Waals surface area (Å²) >= 11 is 10.8. The largest absolute Gasteiger partial charge is 0.417 e. The molecule has 2 heterocycles. The molecule has 0 N–H and O–H groups in total. The Labute approximate surface area is 238 Å². The molecule has 3 aromatic carbocycles. The Kier molecular flexibility index (Phi) is 7.88. The maximum absolute atomic E-state index is 13.5. The molecule has 0 atom stereocenters. The number of hydrogen-bond acceptors (Lipinski definition) is 5. The molecule has 0 saturated heterocycles. The number of hydrogen-bond donors (Lipinski definition) is 0. The fraction of sp³-hybridized carbons (Fsp3) is 0.0714. The molecule has 0 bridgehead atoms. The molecule has 0 unspecified atom stereocenters. The molecule has 5 aromatic rings. The van der Waals surface area contributed by atoms with Crippen LogP contribution in [0, 0.1) is 0 Å². The van der Waals surface area contributed by atoms with E-state index in [9.17, 15) is 18.0 Å². The molecule has 0 saturated carbocycles. The molecular weight excluding hydrogens is 613 g/mol. The Balaban J connectivity index is 1.59. The van der Waals surface area contributed by atoms with E-state index in [1.54, 1.807) is 42.4 Å². The van der Waals surface area contributed by atoms with Crippen molar-refractivity contribution in [2.75, 3.05) is 0 Å². The van der Waals surface area contributed by atoms with E-state index in [1.807, 2.05) is 36.4 Å². The third-order valence-corrected chi connectivity index (χ3v) is 7.57. The van der Waals surface area contributed by atoms with Gasteiger partial charge in [0.25, 0.3) is 5.56 Å². The predicted octanol–water partition coefficient (Wildman–Crippen LogP) is 8.07. The summed E-state index contributed by atoms with van der Waals surface area (Å²) in [6.45, 7) is 0. The van der Waals surface area contributed by atoms with Crippen LogP contribution >= 0.6 is 39.3 Å². The standard InChI is InChI=1S/C28H17BrClF3N4OS/c29-20-5-7-25-22(14-20)27(38)37(35-15-17-4-6-24(30)23(13-17)28(31,32)33)26(36-25)19-3-1-2-18(12-19)16-39-21-8-10-34-11-9-21/h1-15H,16H2. The van der Waals surface area contributed by atoms with Gasteiger partial charge in [0.2, 0.25) is 0 Å². The second-order valence-corrected chi connectivity index (χ2v) is 10.7. The lowest BCUT2D eigenvalue weighted by Crippen LogP contribution is -2.20. The van der Waals surface area contributed by atoms with E-state index in [1.165, 1.54) is 12.3 Å². The highest BCUT2D eigenvalue weighted by atomic mass is 79.9. The number of pyridine rings is 1. The molecular formula is C28H17BrClF3N4OS. The van der Waals surface area contributed by atoms with Crippen molar-refractivity contribution in [1.29, 1.82) is 0 Å². The summed E-state index contributed by atoms with van der Waals surface area (Å²) in [5.41, 5.74) is 0.764. The molecule has 5 rings (SSSR count). The van der Waals surface area contributed by atoms with E-state index in [2.05, 4.69) is 26.0 Å². The molecule has 0 fully saturated rings. The SMILES string of the molecule is O=c1c2cc(Br)ccc2nc(-c2cccc(CSc3ccncc3)c2)n1N=Cc1ccc(Cl)c(C(F)(F)F)c1. The fourth-order valence-corrected chi connectivity index (χ4v) is 5.22. The summed E-state index contributed by atoms with van der Waals surface area (Å²) in [6.07, 6.45) is 0.00977. The van der Waals surface area contributed by atoms with Crippen LogP contribution in [0.5, 0.6) is 0 Å². The Bertz CT molecular complexity index is 1760. The van der Waals surface area contributed by atoms with Crippen molar-refractivity contribution in [2.24, 2.45) is 5.10 Å². The second kappa shape index (κ2) is 11.3. The van der Waals surface area contributed by atoms with Crippen LogP contribution in [-0.2, 0) is 11.9 Å². The van der Waals surface area contributed by atoms with Gasteiger partial charge < -0.3 is 0 Å². The molecule has 0 aliphatic rings. The van der Waals surface area contributed by atoms with Gasteiger partial charge in [0, 0.05) is 33.1 Å². The van der Waals surface area contributed by atoms with Crippen LogP contribution in [0.25, 0.3) is 22.3 Å². The van der Waals surface area contributed by atoms with Crippen LogP contribution < -0.4 is 5.56 Å². The summed E-state index contributed by atoms with van der Waals surface area (Å²) in [5.74, 6) is 0.920. The first kappa shape index (κ1) is 27.1. The maximum Gasteiger partial charge on any atom is 0.417 e. The number of nitrogens with zero attached hydrogens (tertiary/aromatic N) is 4. The normalized spacial score (nSPS) is 11.9. The number of thioether (sulfide) groups is 1. The Morgan fingerprint density at radius 2 is 1.82 bits per heavy atom. The molecule has 39 heavy (non-hydrogen) atoms. The molecule has 5 nitrogen and oxygen atoms in total. The zero-order valence-corrected chi connectivity index (χ0v) is 23.0. The van der Waals surface area contributed by atoms with E-state index >= 15 is 0 Å². The number of fused-ring (bicyclic) bond motifs is 1. The van der Waals surface area contributed by atoms with Crippen molar-refractivity contribution in [1.82, 2.24) is 14.6 Å². The maximum atomic E-state index is 13.5. The summed E-state index contributed by atoms with van der Waals surface area (Å²) < 4.78 is 41.9. The van der Waals surface area contributed by atoms with Crippen LogP contribution in [0.15, 0.2) is 104 Å². The minimum Gasteiger partial charge on any atom is -0.267 e. The van der Waals surface area contributed by atoms with Crippen molar-refractivity contribution < 1.29 is 13.2 Å². The fourth-order valence-electron chi connectivity index (χ4n) is 3.81. The predicted molar refractivity (Wildman–Crippen MR) is 152 cm³/mol. The van der Waals surface area contributed by atoms with Gasteiger partial charge in [-0.1, -0.05) is 51.8 Å². The van der Waals surface area contributed by atoms with Gasteiger partial charge in [-0.2, -0.15) is 22.9 Å². The second-order valence-electron chi connectivity index (χ2n) is 8.37. The van der Waals surface area contributed by atoms with E-state index in [0.717, 1.165) is 27.3 Å². The van der Waals surface area contributed by atoms with Crippen molar-refractivity contribution in [3.8, 4) is 11.4 Å². The van der Waals surface area contributed by atoms with E-state index < -0.39 is 22.3 Å². The van der Waals surface area contributed by atoms with Crippen LogP contribution in [0.2, 0.25) is 5.02 Å². The molecule has 196 valence electrons. The number of rotatable bonds is 6. The highest BCUT2D eigenvalue weighted by Gasteiger charge is 2.33. The average molecular weight is 630 g/mol. The third-order valence-electron chi connectivity index (χ3n) is 5.67. The molecule has 0 amide bonds. The Morgan fingerprint density at radius 1 is 1.03 bits per heavy atom. The molecule has 0 spiro atoms. The van der Waals surface area contributed by atoms with Crippen molar-refractivity contribution >= 4 is 56.4 Å². The van der Waals surface area contributed by atoms with Crippen LogP contribution in [0.4, 0.5) is 13.2 Å². The first-order chi connectivity index (χ1) is 18.7. The zero-order valence-electron chi connectivity index (χ0n) is 19.9. The van der Waals surface area contributed by atoms with Crippen molar-refractivity contribution in [3.05, 3.63) is 122 Å². The first-order valence-corrected chi connectivity index (χ1v) is 13.6. The van der Waals surface area contributed by atoms with Gasteiger partial charge in [-0.3, -0.25) is 9.78 Å². The van der Waals surface area contributed by atoms with Gasteiger partial charge in [-0.25, -0.2) is 4.98 Å². The van der Waals surface area contributed by atoms with Crippen LogP contribution in [0.3, 0.4) is 0 Å². The van der Waals surface area contributed by atoms with Crippen LogP contribution in [0.1, 0.15) is 16.7 Å². The summed E-state index contributed by atoms with van der Waals surface area (Å²) in [5, 5.41) is 4.17. The molecule has 11 heteroatoms. The summed E-state index contributed by atoms with van der Waals surface area (Å²) in [7, 11) is 0. The highest BCUT2D eigenvalue weighted by Crippen LogP contribution is 2.35. The smallest absolute Gasteiger partial charge is 0.267 e. The van der Waals surface area contributed by atoms with Gasteiger partial charge in [-0.15, -0.1) is 11.8 Å². The lowest BCUT2D eigenvalue weighted by Gasteiger charge is -2.12. The molecule has 2 aromatic heterocycles. The van der Waals surface area contributed by atoms with Gasteiger partial charge in [0.05, 0.1) is 27.7 Å². The quantitative estimate of drug-likeness (QED) is 0.141. The highest BCUT2D eigenvalue weighted by molar-refractivity contribution is 9.10. The summed E-state index contributed by atoms with van der Waals surface area (Å²) in [4.78, 5) is 23.3. The topological polar surface area (TPSA) is 60.1 Å². The first-order valence-electron chi connectivity index (χ1n) is 11.4. The molecule has 0 aliphatic carbocycles. The van der Waals surface area contributed by atoms with Gasteiger partial charge in [0.15, 0.2) is 5.82 Å². The van der Waals surface area contributed by atoms with E-state index in [0.29, 0.717) is 26.7 Å². The lowest BCUT2D eigenvalue weighted by molar-refractivity contribution is -0.137. The number of halogens is 5. The van der Waals surface area contributed by atoms with Crippen LogP contribution in [-0.4, -0.2) is 20.9 Å². The molecule has 0 radical (unpaired) electrons. The lowest BCUT2D eigenvalue weighted by atomic mass is 10.1. The third kappa shape index (κ3) is 6.24. The van der Waals surface area contributed by atoms with Gasteiger partial charge in [-0.05, 0) is 59.7 Å². The van der Waals surface area contributed by atoms with Crippen molar-refractivity contribution in [2.45, 2.75) is 16.8 Å². The minimum absolute atomic E-state index is 0.126. The van der Waals surface area contributed by atoms with E-state index in [-0.39, 0.29) is 11.4 Å². The van der Waals surface area contributed by atoms with Crippen molar-refractivity contribution in [3.63, 3.8) is 0 Å². The van der Waals surface area contributed by atoms with Gasteiger partial charge in [0.1, 0.15) is 0 Å². The Morgan fingerprint density at radius 3 is 2.59 bits per heavy atom. The molecule has 0 aliphatic heterocycles. The van der Waals surface area contributed by atoms with E-state index in [4.69, 9.17) is 16.6 Å².